The molecular formula is C24H25FN2O5. The van der Waals surface area contributed by atoms with Gasteiger partial charge in [-0.3, -0.25) is 13.9 Å². The number of hydrogen-bond acceptors (Lipinski definition) is 5. The van der Waals surface area contributed by atoms with Gasteiger partial charge in [-0.1, -0.05) is 60.7 Å². The van der Waals surface area contributed by atoms with E-state index in [1.165, 1.54) is 19.2 Å². The summed E-state index contributed by atoms with van der Waals surface area (Å²) in [5, 5.41) is 9.78. The van der Waals surface area contributed by atoms with Gasteiger partial charge in [0, 0.05) is 12.3 Å². The average Bonchev–Trinajstić information content (AvgIpc) is 3.06. The maximum Gasteiger partial charge on any atom is 0.333 e. The minimum atomic E-state index is -2.14. The highest BCUT2D eigenvalue weighted by Gasteiger charge is 2.56. The Balaban J connectivity index is 1.63. The van der Waals surface area contributed by atoms with Crippen LogP contribution in [0.4, 0.5) is 4.39 Å². The van der Waals surface area contributed by atoms with Crippen molar-refractivity contribution in [3.05, 3.63) is 105 Å². The Morgan fingerprint density at radius 2 is 1.66 bits per heavy atom. The van der Waals surface area contributed by atoms with E-state index in [1.54, 1.807) is 24.3 Å². The largest absolute Gasteiger partial charge is 0.394 e. The molecule has 2 aromatic carbocycles. The summed E-state index contributed by atoms with van der Waals surface area (Å²) in [4.78, 5) is 25.5. The monoisotopic (exact) mass is 440 g/mol. The van der Waals surface area contributed by atoms with Crippen LogP contribution < -0.4 is 11.2 Å². The standard InChI is InChI=1S/C24H25FN2O5/c1-24(25)21(31-16-18-10-6-3-7-11-18)19(15-28)32-22(24)26-13-12-20(29)27(23(26)30)14-17-8-4-2-5-9-17/h2-13,19,21-22,28H,14-16H2,1H3/t19?,21?,22-,24?/m1/s1. The molecule has 2 heterocycles. The number of aromatic nitrogens is 2. The van der Waals surface area contributed by atoms with Crippen molar-refractivity contribution in [3.63, 3.8) is 0 Å². The molecule has 1 aliphatic heterocycles. The van der Waals surface area contributed by atoms with Gasteiger partial charge in [-0.2, -0.15) is 0 Å². The van der Waals surface area contributed by atoms with Crippen LogP contribution in [-0.2, 0) is 22.6 Å². The van der Waals surface area contributed by atoms with E-state index in [4.69, 9.17) is 9.47 Å². The summed E-state index contributed by atoms with van der Waals surface area (Å²) in [6.07, 6.45) is -2.22. The van der Waals surface area contributed by atoms with Gasteiger partial charge in [-0.15, -0.1) is 0 Å². The van der Waals surface area contributed by atoms with Crippen molar-refractivity contribution in [3.8, 4) is 0 Å². The molecule has 8 heteroatoms. The van der Waals surface area contributed by atoms with Crippen LogP contribution >= 0.6 is 0 Å². The lowest BCUT2D eigenvalue weighted by atomic mass is 9.98. The molecule has 3 aromatic rings. The van der Waals surface area contributed by atoms with E-state index >= 15 is 4.39 Å². The molecule has 32 heavy (non-hydrogen) atoms. The van der Waals surface area contributed by atoms with E-state index in [1.807, 2.05) is 36.4 Å². The van der Waals surface area contributed by atoms with Crippen molar-refractivity contribution in [2.45, 2.75) is 44.2 Å². The Hall–Kier alpha value is -3.07. The maximum atomic E-state index is 16.0. The van der Waals surface area contributed by atoms with Gasteiger partial charge in [0.1, 0.15) is 12.2 Å². The third-order valence-electron chi connectivity index (χ3n) is 5.66. The molecule has 0 amide bonds. The molecule has 0 saturated carbocycles. The number of aliphatic hydroxyl groups excluding tert-OH is 1. The Morgan fingerprint density at radius 3 is 2.28 bits per heavy atom. The van der Waals surface area contributed by atoms with Gasteiger partial charge < -0.3 is 14.6 Å². The zero-order valence-corrected chi connectivity index (χ0v) is 17.6. The SMILES string of the molecule is CC1(F)C(OCc2ccccc2)C(CO)O[C@H]1n1ccc(=O)n(Cc2ccccc2)c1=O. The molecule has 0 spiro atoms. The van der Waals surface area contributed by atoms with Gasteiger partial charge in [-0.25, -0.2) is 9.18 Å². The molecule has 4 atom stereocenters. The summed E-state index contributed by atoms with van der Waals surface area (Å²) in [6.45, 7) is 0.975. The van der Waals surface area contributed by atoms with Crippen molar-refractivity contribution in [2.75, 3.05) is 6.61 Å². The quantitative estimate of drug-likeness (QED) is 0.610. The second-order valence-corrected chi connectivity index (χ2v) is 7.99. The third kappa shape index (κ3) is 4.29. The predicted octanol–water partition coefficient (Wildman–Crippen LogP) is 2.26. The fourth-order valence-electron chi connectivity index (χ4n) is 4.00. The lowest BCUT2D eigenvalue weighted by molar-refractivity contribution is -0.0676. The molecule has 4 rings (SSSR count). The number of ether oxygens (including phenoxy) is 2. The Labute approximate surface area is 184 Å². The molecular weight excluding hydrogens is 415 g/mol. The summed E-state index contributed by atoms with van der Waals surface area (Å²) >= 11 is 0. The third-order valence-corrected chi connectivity index (χ3v) is 5.66. The van der Waals surface area contributed by atoms with Crippen molar-refractivity contribution < 1.29 is 19.0 Å². The van der Waals surface area contributed by atoms with Gasteiger partial charge in [0.25, 0.3) is 5.56 Å². The molecule has 1 saturated heterocycles. The van der Waals surface area contributed by atoms with Crippen molar-refractivity contribution in [1.82, 2.24) is 9.13 Å². The molecule has 168 valence electrons. The highest BCUT2D eigenvalue weighted by atomic mass is 19.1. The minimum Gasteiger partial charge on any atom is -0.394 e. The Kier molecular flexibility index (Phi) is 6.36. The second-order valence-electron chi connectivity index (χ2n) is 7.99. The number of nitrogens with zero attached hydrogens (tertiary/aromatic N) is 2. The summed E-state index contributed by atoms with van der Waals surface area (Å²) in [5.41, 5.74) is -1.73. The number of rotatable bonds is 7. The Morgan fingerprint density at radius 1 is 1.03 bits per heavy atom. The van der Waals surface area contributed by atoms with E-state index in [0.29, 0.717) is 0 Å². The van der Waals surface area contributed by atoms with E-state index in [0.717, 1.165) is 20.3 Å². The van der Waals surface area contributed by atoms with Gasteiger partial charge in [0.2, 0.25) is 0 Å². The van der Waals surface area contributed by atoms with Crippen molar-refractivity contribution >= 4 is 0 Å². The molecule has 1 aromatic heterocycles. The minimum absolute atomic E-state index is 0.0480. The van der Waals surface area contributed by atoms with Crippen LogP contribution in [0.2, 0.25) is 0 Å². The fraction of sp³-hybridized carbons (Fsp3) is 0.333. The molecule has 1 fully saturated rings. The summed E-state index contributed by atoms with van der Waals surface area (Å²) in [7, 11) is 0. The maximum absolute atomic E-state index is 16.0. The summed E-state index contributed by atoms with van der Waals surface area (Å²) < 4.78 is 29.6. The van der Waals surface area contributed by atoms with Gasteiger partial charge in [0.05, 0.1) is 19.8 Å². The van der Waals surface area contributed by atoms with E-state index in [-0.39, 0.29) is 13.2 Å². The topological polar surface area (TPSA) is 82.7 Å². The highest BCUT2D eigenvalue weighted by molar-refractivity contribution is 5.16. The predicted molar refractivity (Wildman–Crippen MR) is 116 cm³/mol. The normalized spacial score (nSPS) is 25.2. The van der Waals surface area contributed by atoms with E-state index < -0.39 is 42.0 Å². The van der Waals surface area contributed by atoms with Gasteiger partial charge in [-0.05, 0) is 18.1 Å². The first-order valence-corrected chi connectivity index (χ1v) is 10.4. The number of benzene rings is 2. The zero-order chi connectivity index (χ0) is 22.7. The molecule has 7 nitrogen and oxygen atoms in total. The lowest BCUT2D eigenvalue weighted by Gasteiger charge is -2.28. The van der Waals surface area contributed by atoms with Crippen LogP contribution in [0.1, 0.15) is 24.3 Å². The molecule has 3 unspecified atom stereocenters. The average molecular weight is 440 g/mol. The zero-order valence-electron chi connectivity index (χ0n) is 17.6. The van der Waals surface area contributed by atoms with Crippen LogP contribution in [0.15, 0.2) is 82.5 Å². The lowest BCUT2D eigenvalue weighted by Crippen LogP contribution is -2.47. The van der Waals surface area contributed by atoms with Gasteiger partial charge >= 0.3 is 5.69 Å². The van der Waals surface area contributed by atoms with Gasteiger partial charge in [0.15, 0.2) is 11.9 Å². The molecule has 0 bridgehead atoms. The molecule has 1 aliphatic rings. The second kappa shape index (κ2) is 9.20. The Bertz CT molecular complexity index is 1160. The number of alkyl halides is 1. The first-order chi connectivity index (χ1) is 15.4. The molecule has 1 N–H and O–H groups in total. The smallest absolute Gasteiger partial charge is 0.333 e. The summed E-state index contributed by atoms with van der Waals surface area (Å²) in [6, 6.07) is 19.5. The van der Waals surface area contributed by atoms with Crippen LogP contribution in [0.5, 0.6) is 0 Å². The first-order valence-electron chi connectivity index (χ1n) is 10.4. The van der Waals surface area contributed by atoms with E-state index in [9.17, 15) is 14.7 Å². The molecule has 0 radical (unpaired) electrons. The van der Waals surface area contributed by atoms with E-state index in [2.05, 4.69) is 0 Å². The highest BCUT2D eigenvalue weighted by Crippen LogP contribution is 2.42. The first kappa shape index (κ1) is 22.1. The number of hydrogen-bond donors (Lipinski definition) is 1. The van der Waals surface area contributed by atoms with Crippen molar-refractivity contribution in [1.29, 1.82) is 0 Å². The van der Waals surface area contributed by atoms with Crippen LogP contribution in [0, 0.1) is 0 Å². The molecule has 0 aliphatic carbocycles. The fourth-order valence-corrected chi connectivity index (χ4v) is 4.00. The van der Waals surface area contributed by atoms with Crippen LogP contribution in [-0.4, -0.2) is 38.7 Å². The van der Waals surface area contributed by atoms with Crippen LogP contribution in [0.3, 0.4) is 0 Å². The summed E-state index contributed by atoms with van der Waals surface area (Å²) in [5.74, 6) is 0. The van der Waals surface area contributed by atoms with Crippen molar-refractivity contribution in [2.24, 2.45) is 0 Å². The number of aliphatic hydroxyl groups is 1. The number of halogens is 1. The van der Waals surface area contributed by atoms with Crippen LogP contribution in [0.25, 0.3) is 0 Å².